The highest BCUT2D eigenvalue weighted by Crippen LogP contribution is 2.28. The van der Waals surface area contributed by atoms with E-state index in [-0.39, 0.29) is 0 Å². The molecule has 3 aromatic rings. The van der Waals surface area contributed by atoms with E-state index < -0.39 is 0 Å². The number of anilines is 2. The van der Waals surface area contributed by atoms with Gasteiger partial charge >= 0.3 is 0 Å². The summed E-state index contributed by atoms with van der Waals surface area (Å²) >= 11 is 0. The van der Waals surface area contributed by atoms with Gasteiger partial charge in [0.2, 0.25) is 0 Å². The predicted molar refractivity (Wildman–Crippen MR) is 83.5 cm³/mol. The van der Waals surface area contributed by atoms with Gasteiger partial charge in [-0.15, -0.1) is 0 Å². The van der Waals surface area contributed by atoms with Gasteiger partial charge in [0.05, 0.1) is 16.9 Å². The Balaban J connectivity index is 2.12. The fourth-order valence-electron chi connectivity index (χ4n) is 2.39. The first kappa shape index (κ1) is 12.6. The van der Waals surface area contributed by atoms with E-state index in [1.807, 2.05) is 25.1 Å². The molecule has 1 aromatic heterocycles. The molecule has 0 fully saturated rings. The summed E-state index contributed by atoms with van der Waals surface area (Å²) in [7, 11) is 0. The van der Waals surface area contributed by atoms with Crippen LogP contribution in [0.3, 0.4) is 0 Å². The highest BCUT2D eigenvalue weighted by Gasteiger charge is 2.08. The van der Waals surface area contributed by atoms with Gasteiger partial charge in [-0.3, -0.25) is 0 Å². The summed E-state index contributed by atoms with van der Waals surface area (Å²) in [6.07, 6.45) is 0. The van der Waals surface area contributed by atoms with Crippen molar-refractivity contribution in [3.8, 4) is 0 Å². The molecule has 3 rings (SSSR count). The molecule has 0 saturated carbocycles. The van der Waals surface area contributed by atoms with Crippen LogP contribution in [0.15, 0.2) is 42.5 Å². The van der Waals surface area contributed by atoms with Gasteiger partial charge in [0.1, 0.15) is 0 Å². The lowest BCUT2D eigenvalue weighted by atomic mass is 10.1. The Kier molecular flexibility index (Phi) is 3.11. The normalized spacial score (nSPS) is 10.8. The van der Waals surface area contributed by atoms with Crippen LogP contribution in [0, 0.1) is 20.8 Å². The van der Waals surface area contributed by atoms with Crippen molar-refractivity contribution in [2.45, 2.75) is 20.8 Å². The van der Waals surface area contributed by atoms with Crippen molar-refractivity contribution < 1.29 is 0 Å². The third kappa shape index (κ3) is 2.23. The van der Waals surface area contributed by atoms with Crippen molar-refractivity contribution in [1.82, 2.24) is 10.2 Å². The zero-order valence-corrected chi connectivity index (χ0v) is 11.9. The molecule has 0 amide bonds. The van der Waals surface area contributed by atoms with Crippen LogP contribution in [0.2, 0.25) is 0 Å². The number of aryl methyl sites for hydroxylation is 3. The fourth-order valence-corrected chi connectivity index (χ4v) is 2.39. The summed E-state index contributed by atoms with van der Waals surface area (Å²) in [6, 6.07) is 14.5. The molecule has 0 aliphatic carbocycles. The number of nitrogens with one attached hydrogen (secondary N) is 1. The minimum Gasteiger partial charge on any atom is -0.353 e. The highest BCUT2D eigenvalue weighted by atomic mass is 15.1. The molecule has 3 nitrogen and oxygen atoms in total. The molecule has 2 aromatic carbocycles. The Morgan fingerprint density at radius 1 is 0.900 bits per heavy atom. The van der Waals surface area contributed by atoms with Crippen LogP contribution in [0.25, 0.3) is 10.9 Å². The van der Waals surface area contributed by atoms with E-state index in [4.69, 9.17) is 0 Å². The van der Waals surface area contributed by atoms with Crippen LogP contribution < -0.4 is 5.32 Å². The third-order valence-corrected chi connectivity index (χ3v) is 3.48. The van der Waals surface area contributed by atoms with Crippen molar-refractivity contribution in [3.63, 3.8) is 0 Å². The monoisotopic (exact) mass is 263 g/mol. The molecule has 0 spiro atoms. The highest BCUT2D eigenvalue weighted by molar-refractivity contribution is 5.93. The quantitative estimate of drug-likeness (QED) is 0.749. The number of fused-ring (bicyclic) bond motifs is 1. The lowest BCUT2D eigenvalue weighted by molar-refractivity contribution is 1.02. The smallest absolute Gasteiger partial charge is 0.0950 e. The summed E-state index contributed by atoms with van der Waals surface area (Å²) in [6.45, 7) is 6.19. The molecule has 1 N–H and O–H groups in total. The average Bonchev–Trinajstić information content (AvgIpc) is 2.44. The second kappa shape index (κ2) is 4.93. The van der Waals surface area contributed by atoms with E-state index in [2.05, 4.69) is 53.6 Å². The molecular formula is C17H17N3. The van der Waals surface area contributed by atoms with Crippen molar-refractivity contribution >= 4 is 22.3 Å². The van der Waals surface area contributed by atoms with E-state index in [1.54, 1.807) is 0 Å². The third-order valence-electron chi connectivity index (χ3n) is 3.48. The van der Waals surface area contributed by atoms with E-state index in [1.165, 1.54) is 11.1 Å². The number of hydrogen-bond donors (Lipinski definition) is 1. The van der Waals surface area contributed by atoms with Crippen molar-refractivity contribution in [2.75, 3.05) is 5.32 Å². The van der Waals surface area contributed by atoms with Crippen LogP contribution in [0.5, 0.6) is 0 Å². The van der Waals surface area contributed by atoms with Gasteiger partial charge in [-0.25, -0.2) is 0 Å². The lowest BCUT2D eigenvalue weighted by Crippen LogP contribution is -2.00. The van der Waals surface area contributed by atoms with Gasteiger partial charge in [-0.1, -0.05) is 35.9 Å². The molecule has 20 heavy (non-hydrogen) atoms. The number of benzene rings is 2. The maximum atomic E-state index is 4.24. The van der Waals surface area contributed by atoms with Gasteiger partial charge in [0, 0.05) is 11.1 Å². The minimum atomic E-state index is 0.906. The zero-order valence-electron chi connectivity index (χ0n) is 11.9. The standard InChI is InChI=1S/C17H17N3/c1-11-8-9-15(12(2)10-11)18-17-13(3)19-20-16-7-5-4-6-14(16)17/h4-10H,1-3H3,(H,18,20). The van der Waals surface area contributed by atoms with Gasteiger partial charge in [-0.05, 0) is 38.5 Å². The first-order valence-corrected chi connectivity index (χ1v) is 6.71. The van der Waals surface area contributed by atoms with E-state index in [0.29, 0.717) is 0 Å². The van der Waals surface area contributed by atoms with E-state index in [0.717, 1.165) is 28.0 Å². The number of rotatable bonds is 2. The molecule has 0 atom stereocenters. The minimum absolute atomic E-state index is 0.906. The molecule has 3 heteroatoms. The van der Waals surface area contributed by atoms with Gasteiger partial charge in [-0.2, -0.15) is 10.2 Å². The first-order chi connectivity index (χ1) is 9.65. The van der Waals surface area contributed by atoms with Crippen LogP contribution in [0.4, 0.5) is 11.4 Å². The first-order valence-electron chi connectivity index (χ1n) is 6.71. The summed E-state index contributed by atoms with van der Waals surface area (Å²) in [4.78, 5) is 0. The second-order valence-corrected chi connectivity index (χ2v) is 5.12. The van der Waals surface area contributed by atoms with Crippen molar-refractivity contribution in [1.29, 1.82) is 0 Å². The summed E-state index contributed by atoms with van der Waals surface area (Å²) in [5, 5.41) is 13.1. The van der Waals surface area contributed by atoms with Crippen molar-refractivity contribution in [3.05, 3.63) is 59.3 Å². The number of hydrogen-bond acceptors (Lipinski definition) is 3. The van der Waals surface area contributed by atoms with Crippen LogP contribution >= 0.6 is 0 Å². The zero-order chi connectivity index (χ0) is 14.1. The maximum Gasteiger partial charge on any atom is 0.0950 e. The van der Waals surface area contributed by atoms with E-state index >= 15 is 0 Å². The Hall–Kier alpha value is -2.42. The Labute approximate surface area is 118 Å². The lowest BCUT2D eigenvalue weighted by Gasteiger charge is -2.14. The molecule has 0 aliphatic heterocycles. The Bertz CT molecular complexity index is 778. The molecule has 0 bridgehead atoms. The molecule has 100 valence electrons. The van der Waals surface area contributed by atoms with Crippen LogP contribution in [-0.4, -0.2) is 10.2 Å². The maximum absolute atomic E-state index is 4.24. The molecule has 1 heterocycles. The average molecular weight is 263 g/mol. The van der Waals surface area contributed by atoms with Crippen LogP contribution in [-0.2, 0) is 0 Å². The number of aromatic nitrogens is 2. The largest absolute Gasteiger partial charge is 0.353 e. The topological polar surface area (TPSA) is 37.8 Å². The number of nitrogens with zero attached hydrogens (tertiary/aromatic N) is 2. The molecule has 0 aliphatic rings. The fraction of sp³-hybridized carbons (Fsp3) is 0.176. The van der Waals surface area contributed by atoms with E-state index in [9.17, 15) is 0 Å². The Morgan fingerprint density at radius 3 is 2.50 bits per heavy atom. The SMILES string of the molecule is Cc1ccc(Nc2c(C)nnc3ccccc23)c(C)c1. The predicted octanol–water partition coefficient (Wildman–Crippen LogP) is 4.30. The molecule has 0 unspecified atom stereocenters. The summed E-state index contributed by atoms with van der Waals surface area (Å²) in [5.74, 6) is 0. The molecule has 0 radical (unpaired) electrons. The van der Waals surface area contributed by atoms with Gasteiger partial charge < -0.3 is 5.32 Å². The summed E-state index contributed by atoms with van der Waals surface area (Å²) < 4.78 is 0. The van der Waals surface area contributed by atoms with Gasteiger partial charge in [0.15, 0.2) is 0 Å². The molecular weight excluding hydrogens is 246 g/mol. The van der Waals surface area contributed by atoms with Gasteiger partial charge in [0.25, 0.3) is 0 Å². The Morgan fingerprint density at radius 2 is 1.70 bits per heavy atom. The van der Waals surface area contributed by atoms with Crippen LogP contribution in [0.1, 0.15) is 16.8 Å². The summed E-state index contributed by atoms with van der Waals surface area (Å²) in [5.41, 5.74) is 6.45. The second-order valence-electron chi connectivity index (χ2n) is 5.12. The molecule has 0 saturated heterocycles. The van der Waals surface area contributed by atoms with Crippen molar-refractivity contribution in [2.24, 2.45) is 0 Å².